The molecule has 0 heterocycles. The Morgan fingerprint density at radius 1 is 0.535 bits per heavy atom. The van der Waals surface area contributed by atoms with Gasteiger partial charge in [0.2, 0.25) is 0 Å². The molecule has 0 bridgehead atoms. The van der Waals surface area contributed by atoms with Crippen molar-refractivity contribution in [2.75, 3.05) is 7.11 Å². The van der Waals surface area contributed by atoms with Gasteiger partial charge in [-0.3, -0.25) is 0 Å². The Hall–Kier alpha value is -4.69. The number of hydrogen-bond acceptors (Lipinski definition) is 3. The van der Waals surface area contributed by atoms with E-state index >= 15 is 0 Å². The monoisotopic (exact) mass is 581 g/mol. The number of methoxy groups -OCH3 is 1. The zero-order valence-corrected chi connectivity index (χ0v) is 25.0. The van der Waals surface area contributed by atoms with E-state index in [0.717, 1.165) is 16.7 Å². The summed E-state index contributed by atoms with van der Waals surface area (Å²) in [7, 11) is -0.520. The molecule has 0 aliphatic carbocycles. The summed E-state index contributed by atoms with van der Waals surface area (Å²) in [4.78, 5) is 0. The van der Waals surface area contributed by atoms with Crippen LogP contribution in [0.4, 0.5) is 0 Å². The van der Waals surface area contributed by atoms with Crippen LogP contribution in [0.25, 0.3) is 11.1 Å². The predicted molar refractivity (Wildman–Crippen MR) is 180 cm³/mol. The first-order chi connectivity index (χ1) is 21.2. The maximum atomic E-state index is 9.46. The van der Waals surface area contributed by atoms with Crippen LogP contribution in [-0.4, -0.2) is 12.2 Å². The minimum absolute atomic E-state index is 0.0700. The number of aliphatic hydroxyl groups is 1. The summed E-state index contributed by atoms with van der Waals surface area (Å²) in [5.74, 6) is 1.33. The number of benzene rings is 6. The van der Waals surface area contributed by atoms with Crippen molar-refractivity contribution in [3.8, 4) is 22.6 Å². The molecule has 0 atom stereocenters. The molecule has 0 spiro atoms. The maximum absolute atomic E-state index is 9.46. The molecule has 43 heavy (non-hydrogen) atoms. The molecule has 0 radical (unpaired) electrons. The van der Waals surface area contributed by atoms with Gasteiger partial charge >= 0.3 is 0 Å². The number of hydrogen-bond donors (Lipinski definition) is 1. The molecule has 6 aromatic rings. The van der Waals surface area contributed by atoms with Crippen LogP contribution in [-0.2, 0) is 13.2 Å². The standard InChI is InChI=1S/C39H34O3P/c1-41-39-27-34(24-21-33(39)28-40)42-29-30-17-19-31(20-18-30)32-22-25-38(26-23-32)43(35-11-5-2-6-12-35,36-13-7-3-8-14-36)37-15-9-4-10-16-37/h2-27,40H,28-29H2,1H3/q+1. The lowest BCUT2D eigenvalue weighted by molar-refractivity contribution is 0.271. The molecule has 0 saturated carbocycles. The fourth-order valence-corrected chi connectivity index (χ4v) is 9.88. The van der Waals surface area contributed by atoms with Crippen LogP contribution in [0.15, 0.2) is 158 Å². The molecule has 6 aromatic carbocycles. The molecule has 0 aliphatic rings. The molecule has 0 aliphatic heterocycles. The smallest absolute Gasteiger partial charge is 0.144 e. The van der Waals surface area contributed by atoms with Crippen LogP contribution in [0.3, 0.4) is 0 Å². The van der Waals surface area contributed by atoms with Crippen molar-refractivity contribution in [3.05, 3.63) is 169 Å². The van der Waals surface area contributed by atoms with E-state index in [1.54, 1.807) is 7.11 Å². The first-order valence-electron chi connectivity index (χ1n) is 14.4. The molecule has 4 heteroatoms. The van der Waals surface area contributed by atoms with E-state index in [-0.39, 0.29) is 6.61 Å². The first-order valence-corrected chi connectivity index (χ1v) is 16.2. The fourth-order valence-electron chi connectivity index (χ4n) is 5.63. The van der Waals surface area contributed by atoms with E-state index in [9.17, 15) is 5.11 Å². The van der Waals surface area contributed by atoms with Gasteiger partial charge in [0.15, 0.2) is 0 Å². The van der Waals surface area contributed by atoms with E-state index in [4.69, 9.17) is 9.47 Å². The molecule has 0 fully saturated rings. The second-order valence-corrected chi connectivity index (χ2v) is 13.7. The quantitative estimate of drug-likeness (QED) is 0.176. The Kier molecular flexibility index (Phi) is 8.65. The van der Waals surface area contributed by atoms with E-state index in [0.29, 0.717) is 18.1 Å². The summed E-state index contributed by atoms with van der Waals surface area (Å²) in [6.07, 6.45) is 0. The highest BCUT2D eigenvalue weighted by Gasteiger charge is 2.47. The topological polar surface area (TPSA) is 38.7 Å². The minimum Gasteiger partial charge on any atom is -0.496 e. The Balaban J connectivity index is 1.30. The molecule has 0 amide bonds. The molecule has 0 unspecified atom stereocenters. The van der Waals surface area contributed by atoms with Gasteiger partial charge in [0.05, 0.1) is 13.7 Å². The lowest BCUT2D eigenvalue weighted by atomic mass is 10.0. The van der Waals surface area contributed by atoms with Crippen LogP contribution in [0.1, 0.15) is 11.1 Å². The minimum atomic E-state index is -2.11. The van der Waals surface area contributed by atoms with Crippen molar-refractivity contribution >= 4 is 28.5 Å². The van der Waals surface area contributed by atoms with Crippen molar-refractivity contribution in [2.24, 2.45) is 0 Å². The van der Waals surface area contributed by atoms with Gasteiger partial charge in [-0.25, -0.2) is 0 Å². The molecule has 0 aromatic heterocycles. The molecular weight excluding hydrogens is 547 g/mol. The largest absolute Gasteiger partial charge is 0.496 e. The van der Waals surface area contributed by atoms with E-state index in [2.05, 4.69) is 140 Å². The van der Waals surface area contributed by atoms with Crippen LogP contribution in [0.5, 0.6) is 11.5 Å². The Morgan fingerprint density at radius 2 is 1.00 bits per heavy atom. The van der Waals surface area contributed by atoms with Gasteiger partial charge in [-0.2, -0.15) is 0 Å². The lowest BCUT2D eigenvalue weighted by Gasteiger charge is -2.27. The van der Waals surface area contributed by atoms with Gasteiger partial charge in [-0.1, -0.05) is 91.0 Å². The third-order valence-electron chi connectivity index (χ3n) is 7.81. The molecule has 6 rings (SSSR count). The highest BCUT2D eigenvalue weighted by molar-refractivity contribution is 8.01. The first kappa shape index (κ1) is 28.4. The van der Waals surface area contributed by atoms with Crippen molar-refractivity contribution < 1.29 is 14.6 Å². The van der Waals surface area contributed by atoms with Crippen LogP contribution in [0.2, 0.25) is 0 Å². The van der Waals surface area contributed by atoms with Crippen molar-refractivity contribution in [2.45, 2.75) is 13.2 Å². The molecule has 212 valence electrons. The third-order valence-corrected chi connectivity index (χ3v) is 12.1. The van der Waals surface area contributed by atoms with E-state index < -0.39 is 7.26 Å². The molecule has 3 nitrogen and oxygen atoms in total. The molecule has 1 N–H and O–H groups in total. The van der Waals surface area contributed by atoms with Gasteiger partial charge in [0.1, 0.15) is 46.6 Å². The molecule has 0 saturated heterocycles. The number of ether oxygens (including phenoxy) is 2. The van der Waals surface area contributed by atoms with Crippen molar-refractivity contribution in [1.29, 1.82) is 0 Å². The summed E-state index contributed by atoms with van der Waals surface area (Å²) >= 11 is 0. The Morgan fingerprint density at radius 3 is 1.47 bits per heavy atom. The van der Waals surface area contributed by atoms with Crippen molar-refractivity contribution in [1.82, 2.24) is 0 Å². The normalized spacial score (nSPS) is 11.2. The second-order valence-electron chi connectivity index (χ2n) is 10.3. The average Bonchev–Trinajstić information content (AvgIpc) is 3.09. The van der Waals surface area contributed by atoms with Crippen molar-refractivity contribution in [3.63, 3.8) is 0 Å². The fraction of sp³-hybridized carbons (Fsp3) is 0.0769. The Bertz CT molecular complexity index is 1660. The van der Waals surface area contributed by atoms with E-state index in [1.165, 1.54) is 26.8 Å². The molecular formula is C39H34O3P+. The van der Waals surface area contributed by atoms with Gasteiger partial charge in [-0.05, 0) is 77.4 Å². The van der Waals surface area contributed by atoms with Gasteiger partial charge in [0, 0.05) is 11.6 Å². The highest BCUT2D eigenvalue weighted by atomic mass is 31.2. The lowest BCUT2D eigenvalue weighted by Crippen LogP contribution is -2.38. The summed E-state index contributed by atoms with van der Waals surface area (Å²) in [6.45, 7) is 0.373. The third kappa shape index (κ3) is 5.83. The Labute approximate surface area is 254 Å². The average molecular weight is 582 g/mol. The van der Waals surface area contributed by atoms with Crippen LogP contribution >= 0.6 is 7.26 Å². The predicted octanol–water partition coefficient (Wildman–Crippen LogP) is 7.05. The second kappa shape index (κ2) is 13.1. The van der Waals surface area contributed by atoms with Crippen LogP contribution in [0, 0.1) is 0 Å². The van der Waals surface area contributed by atoms with Gasteiger partial charge in [-0.15, -0.1) is 0 Å². The van der Waals surface area contributed by atoms with E-state index in [1.807, 2.05) is 18.2 Å². The zero-order chi connectivity index (χ0) is 29.5. The summed E-state index contributed by atoms with van der Waals surface area (Å²) < 4.78 is 11.4. The maximum Gasteiger partial charge on any atom is 0.144 e. The highest BCUT2D eigenvalue weighted by Crippen LogP contribution is 2.54. The van der Waals surface area contributed by atoms with Gasteiger partial charge in [0.25, 0.3) is 0 Å². The number of aliphatic hydroxyl groups excluding tert-OH is 1. The summed E-state index contributed by atoms with van der Waals surface area (Å²) in [6, 6.07) is 56.0. The number of rotatable bonds is 10. The summed E-state index contributed by atoms with van der Waals surface area (Å²) in [5.41, 5.74) is 4.15. The SMILES string of the molecule is COc1cc(OCc2ccc(-c3ccc([P+](c4ccccc4)(c4ccccc4)c4ccccc4)cc3)cc2)ccc1CO. The zero-order valence-electron chi connectivity index (χ0n) is 24.1. The van der Waals surface area contributed by atoms with Crippen LogP contribution < -0.4 is 30.7 Å². The van der Waals surface area contributed by atoms with Gasteiger partial charge < -0.3 is 14.6 Å². The summed E-state index contributed by atoms with van der Waals surface area (Å²) in [5, 5.41) is 14.8.